The summed E-state index contributed by atoms with van der Waals surface area (Å²) < 4.78 is 11.6. The zero-order valence-electron chi connectivity index (χ0n) is 22.4. The van der Waals surface area contributed by atoms with Crippen molar-refractivity contribution in [2.24, 2.45) is 23.2 Å². The smallest absolute Gasteiger partial charge is 0.254 e. The van der Waals surface area contributed by atoms with E-state index in [4.69, 9.17) is 14.5 Å². The van der Waals surface area contributed by atoms with Crippen LogP contribution in [0.5, 0.6) is 5.75 Å². The number of thiazole rings is 1. The summed E-state index contributed by atoms with van der Waals surface area (Å²) in [5, 5.41) is 13.1. The molecule has 4 unspecified atom stereocenters. The van der Waals surface area contributed by atoms with Crippen LogP contribution >= 0.6 is 11.3 Å². The van der Waals surface area contributed by atoms with Gasteiger partial charge >= 0.3 is 0 Å². The van der Waals surface area contributed by atoms with Gasteiger partial charge in [0.15, 0.2) is 5.13 Å². The van der Waals surface area contributed by atoms with Crippen LogP contribution in [0.2, 0.25) is 0 Å². The molecule has 39 heavy (non-hydrogen) atoms. The van der Waals surface area contributed by atoms with Crippen molar-refractivity contribution in [2.75, 3.05) is 44.3 Å². The molecule has 0 N–H and O–H groups in total. The van der Waals surface area contributed by atoms with Gasteiger partial charge in [-0.15, -0.1) is 11.3 Å². The number of aryl methyl sites for hydroxylation is 1. The summed E-state index contributed by atoms with van der Waals surface area (Å²) in [7, 11) is 0. The highest BCUT2D eigenvalue weighted by molar-refractivity contribution is 7.14. The number of anilines is 1. The summed E-state index contributed by atoms with van der Waals surface area (Å²) in [5.41, 5.74) is 5.35. The SMILES string of the molecule is Cc1ccc(OCc2ccc(C(=O)N3CCOCC3)cc2C#N)c(-c2csc(N3CC4C(C)C5CC45C3)n2)c1. The fourth-order valence-corrected chi connectivity index (χ4v) is 8.00. The Morgan fingerprint density at radius 2 is 2.08 bits per heavy atom. The summed E-state index contributed by atoms with van der Waals surface area (Å²) in [4.78, 5) is 22.2. The Hall–Kier alpha value is -3.41. The average Bonchev–Trinajstić information content (AvgIpc) is 3.22. The van der Waals surface area contributed by atoms with Gasteiger partial charge in [-0.25, -0.2) is 4.98 Å². The van der Waals surface area contributed by atoms with Crippen molar-refractivity contribution in [3.8, 4) is 23.1 Å². The summed E-state index contributed by atoms with van der Waals surface area (Å²) >= 11 is 1.72. The molecule has 3 aromatic rings. The molecule has 1 amide bonds. The van der Waals surface area contributed by atoms with Crippen molar-refractivity contribution in [1.29, 1.82) is 5.26 Å². The van der Waals surface area contributed by atoms with Gasteiger partial charge in [0.25, 0.3) is 5.91 Å². The van der Waals surface area contributed by atoms with E-state index in [0.29, 0.717) is 42.8 Å². The van der Waals surface area contributed by atoms with Crippen LogP contribution < -0.4 is 9.64 Å². The lowest BCUT2D eigenvalue weighted by molar-refractivity contribution is 0.0303. The number of ether oxygens (including phenoxy) is 2. The van der Waals surface area contributed by atoms with Gasteiger partial charge in [-0.2, -0.15) is 5.26 Å². The Morgan fingerprint density at radius 1 is 1.23 bits per heavy atom. The van der Waals surface area contributed by atoms with Crippen LogP contribution in [0.15, 0.2) is 41.8 Å². The predicted octanol–water partition coefficient (Wildman–Crippen LogP) is 5.13. The molecule has 7 nitrogen and oxygen atoms in total. The van der Waals surface area contributed by atoms with Crippen LogP contribution in [0.25, 0.3) is 11.3 Å². The molecular weight excluding hydrogens is 508 g/mol. The van der Waals surface area contributed by atoms with E-state index < -0.39 is 0 Å². The third kappa shape index (κ3) is 4.11. The van der Waals surface area contributed by atoms with Crippen molar-refractivity contribution >= 4 is 22.4 Å². The van der Waals surface area contributed by atoms with Gasteiger partial charge in [0.05, 0.1) is 30.5 Å². The molecule has 4 atom stereocenters. The maximum Gasteiger partial charge on any atom is 0.254 e. The van der Waals surface area contributed by atoms with Gasteiger partial charge in [-0.05, 0) is 60.8 Å². The lowest BCUT2D eigenvalue weighted by Crippen LogP contribution is -2.40. The number of amides is 1. The highest BCUT2D eigenvalue weighted by atomic mass is 32.1. The fraction of sp³-hybridized carbons (Fsp3) is 0.452. The van der Waals surface area contributed by atoms with E-state index in [0.717, 1.165) is 64.1 Å². The normalized spacial score (nSPS) is 26.8. The Morgan fingerprint density at radius 3 is 2.85 bits per heavy atom. The fourth-order valence-electron chi connectivity index (χ4n) is 7.17. The lowest BCUT2D eigenvalue weighted by atomic mass is 9.68. The summed E-state index contributed by atoms with van der Waals surface area (Å²) in [6.45, 7) is 9.23. The molecule has 2 saturated carbocycles. The van der Waals surface area contributed by atoms with Crippen LogP contribution in [0.4, 0.5) is 5.13 Å². The van der Waals surface area contributed by atoms with Gasteiger partial charge in [0.2, 0.25) is 0 Å². The number of carbonyl (C=O) groups is 1. The van der Waals surface area contributed by atoms with Crippen LogP contribution in [0, 0.1) is 41.4 Å². The first-order valence-corrected chi connectivity index (χ1v) is 14.7. The van der Waals surface area contributed by atoms with Gasteiger partial charge in [0.1, 0.15) is 12.4 Å². The second-order valence-corrected chi connectivity index (χ2v) is 12.4. The highest BCUT2D eigenvalue weighted by Crippen LogP contribution is 2.76. The molecule has 2 aliphatic heterocycles. The molecule has 8 heteroatoms. The number of aromatic nitrogens is 1. The van der Waals surface area contributed by atoms with E-state index in [1.54, 1.807) is 28.4 Å². The zero-order chi connectivity index (χ0) is 26.7. The molecule has 2 aliphatic carbocycles. The number of hydrogen-bond donors (Lipinski definition) is 0. The standard InChI is InChI=1S/C31H32N4O3S/c1-19-3-6-28(38-16-22-5-4-21(12-23(22)14-32)29(36)34-7-9-37-10-8-34)24(11-19)27-17-39-30(33-27)35-15-26-20(2)25-13-31(25,26)18-35/h3-6,11-12,17,20,25-26H,7-10,13,15-16,18H2,1-2H3. The molecule has 2 saturated heterocycles. The Balaban J connectivity index is 1.08. The molecule has 3 heterocycles. The van der Waals surface area contributed by atoms with Crippen molar-refractivity contribution < 1.29 is 14.3 Å². The molecule has 200 valence electrons. The topological polar surface area (TPSA) is 78.7 Å². The molecule has 1 spiro atoms. The number of carbonyl (C=O) groups excluding carboxylic acids is 1. The van der Waals surface area contributed by atoms with Crippen molar-refractivity contribution in [1.82, 2.24) is 9.88 Å². The number of rotatable bonds is 6. The summed E-state index contributed by atoms with van der Waals surface area (Å²) in [5.74, 6) is 3.30. The predicted molar refractivity (Wildman–Crippen MR) is 150 cm³/mol. The number of benzene rings is 2. The van der Waals surface area contributed by atoms with Crippen molar-refractivity contribution in [2.45, 2.75) is 26.9 Å². The quantitative estimate of drug-likeness (QED) is 0.431. The first-order chi connectivity index (χ1) is 19.0. The maximum atomic E-state index is 12.9. The van der Waals surface area contributed by atoms with E-state index >= 15 is 0 Å². The molecule has 2 aromatic carbocycles. The Kier molecular flexibility index (Phi) is 5.91. The number of hydrogen-bond acceptors (Lipinski definition) is 7. The summed E-state index contributed by atoms with van der Waals surface area (Å²) in [6.07, 6.45) is 1.40. The number of nitriles is 1. The van der Waals surface area contributed by atoms with E-state index in [9.17, 15) is 10.1 Å². The third-order valence-corrected chi connectivity index (χ3v) is 10.3. The van der Waals surface area contributed by atoms with Crippen LogP contribution in [0.3, 0.4) is 0 Å². The van der Waals surface area contributed by atoms with E-state index in [2.05, 4.69) is 36.3 Å². The van der Waals surface area contributed by atoms with Gasteiger partial charge in [-0.3, -0.25) is 4.79 Å². The average molecular weight is 541 g/mol. The Labute approximate surface area is 233 Å². The minimum Gasteiger partial charge on any atom is -0.488 e. The minimum absolute atomic E-state index is 0.0697. The second kappa shape index (κ2) is 9.35. The van der Waals surface area contributed by atoms with Gasteiger partial charge in [0, 0.05) is 48.2 Å². The van der Waals surface area contributed by atoms with Crippen molar-refractivity contribution in [3.63, 3.8) is 0 Å². The molecule has 4 fully saturated rings. The molecule has 4 aliphatic rings. The first-order valence-electron chi connectivity index (χ1n) is 13.8. The van der Waals surface area contributed by atoms with E-state index in [-0.39, 0.29) is 12.5 Å². The Bertz CT molecular complexity index is 1490. The molecule has 1 aromatic heterocycles. The summed E-state index contributed by atoms with van der Waals surface area (Å²) in [6, 6.07) is 13.7. The van der Waals surface area contributed by atoms with E-state index in [1.807, 2.05) is 18.2 Å². The molecule has 7 rings (SSSR count). The largest absolute Gasteiger partial charge is 0.488 e. The number of nitrogens with zero attached hydrogens (tertiary/aromatic N) is 4. The van der Waals surface area contributed by atoms with Gasteiger partial charge in [-0.1, -0.05) is 24.6 Å². The van der Waals surface area contributed by atoms with Crippen LogP contribution in [0.1, 0.15) is 40.4 Å². The molecular formula is C31H32N4O3S. The van der Waals surface area contributed by atoms with Crippen LogP contribution in [-0.4, -0.2) is 55.2 Å². The second-order valence-electron chi connectivity index (χ2n) is 11.6. The highest BCUT2D eigenvalue weighted by Gasteiger charge is 2.74. The van der Waals surface area contributed by atoms with Gasteiger partial charge < -0.3 is 19.3 Å². The molecule has 0 bridgehead atoms. The minimum atomic E-state index is -0.0697. The zero-order valence-corrected chi connectivity index (χ0v) is 23.2. The van der Waals surface area contributed by atoms with E-state index in [1.165, 1.54) is 6.42 Å². The lowest BCUT2D eigenvalue weighted by Gasteiger charge is -2.35. The maximum absolute atomic E-state index is 12.9. The van der Waals surface area contributed by atoms with Crippen LogP contribution in [-0.2, 0) is 11.3 Å². The molecule has 0 radical (unpaired) electrons. The third-order valence-electron chi connectivity index (χ3n) is 9.42. The monoisotopic (exact) mass is 540 g/mol. The van der Waals surface area contributed by atoms with Crippen molar-refractivity contribution in [3.05, 3.63) is 64.0 Å². The first kappa shape index (κ1) is 24.6. The number of morpholine rings is 1.